The molecule has 5 heteroatoms. The van der Waals surface area contributed by atoms with E-state index in [-0.39, 0.29) is 5.91 Å². The number of nitrogens with zero attached hydrogens (tertiary/aromatic N) is 1. The van der Waals surface area contributed by atoms with Crippen LogP contribution in [0.3, 0.4) is 0 Å². The maximum absolute atomic E-state index is 12.6. The number of amides is 1. The summed E-state index contributed by atoms with van der Waals surface area (Å²) in [5.41, 5.74) is 7.39. The predicted octanol–water partition coefficient (Wildman–Crippen LogP) is 3.14. The zero-order valence-electron chi connectivity index (χ0n) is 14.2. The van der Waals surface area contributed by atoms with E-state index in [1.54, 1.807) is 18.4 Å². The first-order valence-electron chi connectivity index (χ1n) is 7.89. The summed E-state index contributed by atoms with van der Waals surface area (Å²) in [4.78, 5) is 17.1. The lowest BCUT2D eigenvalue weighted by molar-refractivity contribution is 0.0897. The van der Waals surface area contributed by atoms with Gasteiger partial charge in [-0.2, -0.15) is 0 Å². The van der Waals surface area contributed by atoms with Crippen molar-refractivity contribution in [3.8, 4) is 11.5 Å². The van der Waals surface area contributed by atoms with E-state index in [1.165, 1.54) is 0 Å². The number of rotatable bonds is 6. The van der Waals surface area contributed by atoms with Gasteiger partial charge >= 0.3 is 0 Å². The number of carbonyl (C=O) groups is 1. The minimum absolute atomic E-state index is 0.144. The van der Waals surface area contributed by atoms with E-state index < -0.39 is 5.54 Å². The predicted molar refractivity (Wildman–Crippen MR) is 91.1 cm³/mol. The molecule has 0 aromatic carbocycles. The lowest BCUT2D eigenvalue weighted by atomic mass is 9.90. The summed E-state index contributed by atoms with van der Waals surface area (Å²) < 4.78 is 5.34. The maximum atomic E-state index is 12.6. The first-order valence-corrected chi connectivity index (χ1v) is 7.89. The van der Waals surface area contributed by atoms with Crippen molar-refractivity contribution in [1.82, 2.24) is 10.3 Å². The number of aromatic nitrogens is 1. The highest BCUT2D eigenvalue weighted by molar-refractivity contribution is 5.96. The highest BCUT2D eigenvalue weighted by atomic mass is 16.3. The third kappa shape index (κ3) is 4.20. The van der Waals surface area contributed by atoms with Crippen molar-refractivity contribution in [3.63, 3.8) is 0 Å². The zero-order chi connectivity index (χ0) is 17.0. The number of hydrogen-bond donors (Lipinski definition) is 2. The summed E-state index contributed by atoms with van der Waals surface area (Å²) in [7, 11) is 0. The number of nitrogens with two attached hydrogens (primary N) is 1. The van der Waals surface area contributed by atoms with Crippen LogP contribution in [0.4, 0.5) is 0 Å². The zero-order valence-corrected chi connectivity index (χ0v) is 14.2. The molecule has 0 aliphatic carbocycles. The molecule has 0 bridgehead atoms. The smallest absolute Gasteiger partial charge is 0.253 e. The highest BCUT2D eigenvalue weighted by Crippen LogP contribution is 2.21. The van der Waals surface area contributed by atoms with Crippen LogP contribution in [0.5, 0.6) is 0 Å². The fourth-order valence-electron chi connectivity index (χ4n) is 2.79. The fourth-order valence-corrected chi connectivity index (χ4v) is 2.79. The van der Waals surface area contributed by atoms with Crippen LogP contribution >= 0.6 is 0 Å². The van der Waals surface area contributed by atoms with Crippen molar-refractivity contribution in [2.45, 2.75) is 39.7 Å². The monoisotopic (exact) mass is 315 g/mol. The Hall–Kier alpha value is -2.14. The van der Waals surface area contributed by atoms with Crippen LogP contribution in [0.2, 0.25) is 0 Å². The number of nitrogens with one attached hydrogen (secondary N) is 1. The van der Waals surface area contributed by atoms with Crippen molar-refractivity contribution in [2.75, 3.05) is 6.54 Å². The Morgan fingerprint density at radius 2 is 2.13 bits per heavy atom. The topological polar surface area (TPSA) is 81.2 Å². The van der Waals surface area contributed by atoms with Gasteiger partial charge in [0.2, 0.25) is 0 Å². The van der Waals surface area contributed by atoms with Gasteiger partial charge in [-0.25, -0.2) is 4.98 Å². The molecule has 0 radical (unpaired) electrons. The van der Waals surface area contributed by atoms with Gasteiger partial charge in [0.25, 0.3) is 5.91 Å². The van der Waals surface area contributed by atoms with E-state index >= 15 is 0 Å². The van der Waals surface area contributed by atoms with E-state index in [2.05, 4.69) is 24.1 Å². The van der Waals surface area contributed by atoms with Gasteiger partial charge in [-0.15, -0.1) is 0 Å². The second kappa shape index (κ2) is 6.96. The van der Waals surface area contributed by atoms with Gasteiger partial charge in [0.1, 0.15) is 5.69 Å². The molecule has 2 aromatic heterocycles. The van der Waals surface area contributed by atoms with Crippen molar-refractivity contribution in [3.05, 3.63) is 41.8 Å². The van der Waals surface area contributed by atoms with Gasteiger partial charge in [0.15, 0.2) is 5.76 Å². The molecule has 0 saturated heterocycles. The van der Waals surface area contributed by atoms with Crippen LogP contribution in [-0.2, 0) is 0 Å². The molecule has 124 valence electrons. The Bertz CT molecular complexity index is 665. The van der Waals surface area contributed by atoms with Gasteiger partial charge in [0, 0.05) is 12.1 Å². The quantitative estimate of drug-likeness (QED) is 0.858. The van der Waals surface area contributed by atoms with Crippen LogP contribution in [0.25, 0.3) is 11.5 Å². The Balaban J connectivity index is 2.19. The van der Waals surface area contributed by atoms with Gasteiger partial charge in [-0.3, -0.25) is 4.79 Å². The van der Waals surface area contributed by atoms with Gasteiger partial charge in [-0.05, 0) is 50.5 Å². The lowest BCUT2D eigenvalue weighted by Crippen LogP contribution is -2.52. The number of carbonyl (C=O) groups excluding carboxylic acids is 1. The molecule has 0 spiro atoms. The third-order valence-corrected chi connectivity index (χ3v) is 3.83. The Labute approximate surface area is 137 Å². The van der Waals surface area contributed by atoms with E-state index in [0.717, 1.165) is 6.42 Å². The summed E-state index contributed by atoms with van der Waals surface area (Å²) in [6.07, 6.45) is 2.43. The molecule has 3 N–H and O–H groups in total. The van der Waals surface area contributed by atoms with Crippen LogP contribution in [-0.4, -0.2) is 23.0 Å². The van der Waals surface area contributed by atoms with E-state index in [0.29, 0.717) is 35.2 Å². The molecule has 0 saturated carbocycles. The minimum atomic E-state index is -0.419. The van der Waals surface area contributed by atoms with Gasteiger partial charge in [0.05, 0.1) is 17.5 Å². The minimum Gasteiger partial charge on any atom is -0.463 e. The molecule has 2 rings (SSSR count). The second-order valence-electron chi connectivity index (χ2n) is 6.62. The van der Waals surface area contributed by atoms with Crippen molar-refractivity contribution in [2.24, 2.45) is 11.7 Å². The van der Waals surface area contributed by atoms with Gasteiger partial charge < -0.3 is 15.5 Å². The molecule has 5 nitrogen and oxygen atoms in total. The Kier molecular flexibility index (Phi) is 5.21. The summed E-state index contributed by atoms with van der Waals surface area (Å²) in [5.74, 6) is 0.991. The normalized spacial score (nSPS) is 13.8. The third-order valence-electron chi connectivity index (χ3n) is 3.83. The van der Waals surface area contributed by atoms with Crippen LogP contribution in [0, 0.1) is 12.8 Å². The molecule has 2 heterocycles. The molecular weight excluding hydrogens is 290 g/mol. The van der Waals surface area contributed by atoms with Crippen LogP contribution in [0.1, 0.15) is 43.2 Å². The fraction of sp³-hybridized carbons (Fsp3) is 0.444. The Morgan fingerprint density at radius 3 is 2.65 bits per heavy atom. The molecular formula is C18H25N3O2. The molecule has 23 heavy (non-hydrogen) atoms. The first-order chi connectivity index (χ1) is 10.8. The second-order valence-corrected chi connectivity index (χ2v) is 6.62. The largest absolute Gasteiger partial charge is 0.463 e. The van der Waals surface area contributed by atoms with Crippen LogP contribution < -0.4 is 11.1 Å². The summed E-state index contributed by atoms with van der Waals surface area (Å²) >= 11 is 0. The Morgan fingerprint density at radius 1 is 1.39 bits per heavy atom. The number of pyridine rings is 1. The summed E-state index contributed by atoms with van der Waals surface area (Å²) in [6.45, 7) is 8.43. The van der Waals surface area contributed by atoms with E-state index in [1.807, 2.05) is 26.0 Å². The molecule has 1 atom stereocenters. The first kappa shape index (κ1) is 17.2. The highest BCUT2D eigenvalue weighted by Gasteiger charge is 2.27. The van der Waals surface area contributed by atoms with Crippen LogP contribution in [0.15, 0.2) is 34.9 Å². The average molecular weight is 315 g/mol. The molecule has 1 amide bonds. The number of hydrogen-bond acceptors (Lipinski definition) is 4. The van der Waals surface area contributed by atoms with Crippen molar-refractivity contribution >= 4 is 5.91 Å². The van der Waals surface area contributed by atoms with E-state index in [4.69, 9.17) is 10.2 Å². The SMILES string of the molecule is Cc1nc(-c2ccco2)ccc1C(=O)NC(C)(CN)CC(C)C. The van der Waals surface area contributed by atoms with E-state index in [9.17, 15) is 4.79 Å². The molecule has 0 fully saturated rings. The maximum Gasteiger partial charge on any atom is 0.253 e. The average Bonchev–Trinajstić information content (AvgIpc) is 3.00. The molecule has 1 unspecified atom stereocenters. The summed E-state index contributed by atoms with van der Waals surface area (Å²) in [5, 5.41) is 3.06. The molecule has 0 aliphatic heterocycles. The number of furan rings is 1. The van der Waals surface area contributed by atoms with Crippen molar-refractivity contribution < 1.29 is 9.21 Å². The standard InChI is InChI=1S/C18H25N3O2/c1-12(2)10-18(4,11-19)21-17(22)14-7-8-15(20-13(14)3)16-6-5-9-23-16/h5-9,12H,10-11,19H2,1-4H3,(H,21,22). The van der Waals surface area contributed by atoms with Crippen molar-refractivity contribution in [1.29, 1.82) is 0 Å². The summed E-state index contributed by atoms with van der Waals surface area (Å²) in [6, 6.07) is 7.23. The van der Waals surface area contributed by atoms with Gasteiger partial charge in [-0.1, -0.05) is 13.8 Å². The molecule has 2 aromatic rings. The molecule has 0 aliphatic rings. The lowest BCUT2D eigenvalue weighted by Gasteiger charge is -2.31. The number of aryl methyl sites for hydroxylation is 1.